The molecule has 4 nitrogen and oxygen atoms in total. The molecule has 0 unspecified atom stereocenters. The van der Waals surface area contributed by atoms with E-state index in [4.69, 9.17) is 23.2 Å². The van der Waals surface area contributed by atoms with Gasteiger partial charge in [0.05, 0.1) is 0 Å². The van der Waals surface area contributed by atoms with Gasteiger partial charge in [-0.05, 0) is 63.0 Å². The molecule has 23 heavy (non-hydrogen) atoms. The Kier molecular flexibility index (Phi) is 8.00. The highest BCUT2D eigenvalue weighted by molar-refractivity contribution is 6.35. The second kappa shape index (κ2) is 10.0. The SMILES string of the molecule is CN=C(NCCCCN1CCCC1)NCc1ccc(Cl)cc1Cl. The average Bonchev–Trinajstić information content (AvgIpc) is 3.05. The number of nitrogens with one attached hydrogen (secondary N) is 2. The molecule has 0 aliphatic carbocycles. The van der Waals surface area contributed by atoms with Crippen molar-refractivity contribution in [2.75, 3.05) is 33.2 Å². The van der Waals surface area contributed by atoms with Crippen LogP contribution in [0.4, 0.5) is 0 Å². The van der Waals surface area contributed by atoms with Crippen LogP contribution in [0, 0.1) is 0 Å². The molecule has 128 valence electrons. The molecule has 1 fully saturated rings. The number of hydrogen-bond donors (Lipinski definition) is 2. The van der Waals surface area contributed by atoms with E-state index in [-0.39, 0.29) is 0 Å². The van der Waals surface area contributed by atoms with Crippen LogP contribution in [0.2, 0.25) is 10.0 Å². The fourth-order valence-electron chi connectivity index (χ4n) is 2.74. The smallest absolute Gasteiger partial charge is 0.191 e. The van der Waals surface area contributed by atoms with Gasteiger partial charge in [-0.25, -0.2) is 0 Å². The highest BCUT2D eigenvalue weighted by atomic mass is 35.5. The van der Waals surface area contributed by atoms with Crippen LogP contribution in [0.5, 0.6) is 0 Å². The molecule has 1 saturated heterocycles. The van der Waals surface area contributed by atoms with Crippen molar-refractivity contribution in [1.29, 1.82) is 0 Å². The number of rotatable bonds is 7. The molecule has 2 N–H and O–H groups in total. The predicted molar refractivity (Wildman–Crippen MR) is 99.6 cm³/mol. The first-order chi connectivity index (χ1) is 11.2. The Morgan fingerprint density at radius 3 is 2.65 bits per heavy atom. The summed E-state index contributed by atoms with van der Waals surface area (Å²) >= 11 is 12.1. The third-order valence-corrected chi connectivity index (χ3v) is 4.66. The summed E-state index contributed by atoms with van der Waals surface area (Å²) in [5.74, 6) is 0.803. The Hall–Kier alpha value is -0.970. The Balaban J connectivity index is 1.63. The van der Waals surface area contributed by atoms with Crippen LogP contribution in [0.15, 0.2) is 23.2 Å². The minimum absolute atomic E-state index is 0.628. The van der Waals surface area contributed by atoms with Gasteiger partial charge in [-0.15, -0.1) is 0 Å². The third-order valence-electron chi connectivity index (χ3n) is 4.08. The first-order valence-electron chi connectivity index (χ1n) is 8.30. The largest absolute Gasteiger partial charge is 0.356 e. The number of benzene rings is 1. The van der Waals surface area contributed by atoms with Crippen molar-refractivity contribution in [2.45, 2.75) is 32.2 Å². The van der Waals surface area contributed by atoms with Gasteiger partial charge in [-0.3, -0.25) is 4.99 Å². The van der Waals surface area contributed by atoms with Gasteiger partial charge in [0.15, 0.2) is 5.96 Å². The number of guanidine groups is 1. The molecule has 0 amide bonds. The van der Waals surface area contributed by atoms with E-state index in [0.29, 0.717) is 16.6 Å². The Bertz CT molecular complexity index is 513. The number of likely N-dealkylation sites (tertiary alicyclic amines) is 1. The van der Waals surface area contributed by atoms with Crippen LogP contribution in [-0.4, -0.2) is 44.1 Å². The highest BCUT2D eigenvalue weighted by Gasteiger charge is 2.10. The number of aliphatic imine (C=N–C) groups is 1. The summed E-state index contributed by atoms with van der Waals surface area (Å²) in [7, 11) is 1.78. The molecule has 1 heterocycles. The lowest BCUT2D eigenvalue weighted by Gasteiger charge is -2.15. The van der Waals surface area contributed by atoms with E-state index < -0.39 is 0 Å². The Morgan fingerprint density at radius 1 is 1.17 bits per heavy atom. The van der Waals surface area contributed by atoms with Gasteiger partial charge in [0.1, 0.15) is 0 Å². The summed E-state index contributed by atoms with van der Waals surface area (Å²) in [6.07, 6.45) is 5.11. The maximum Gasteiger partial charge on any atom is 0.191 e. The van der Waals surface area contributed by atoms with Crippen LogP contribution in [-0.2, 0) is 6.54 Å². The first-order valence-corrected chi connectivity index (χ1v) is 9.05. The molecule has 0 aromatic heterocycles. The zero-order valence-electron chi connectivity index (χ0n) is 13.7. The van der Waals surface area contributed by atoms with Crippen LogP contribution < -0.4 is 10.6 Å². The van der Waals surface area contributed by atoms with Crippen molar-refractivity contribution in [3.05, 3.63) is 33.8 Å². The molecular formula is C17H26Cl2N4. The molecule has 0 saturated carbocycles. The molecule has 0 atom stereocenters. The second-order valence-electron chi connectivity index (χ2n) is 5.84. The van der Waals surface area contributed by atoms with E-state index in [9.17, 15) is 0 Å². The Labute approximate surface area is 149 Å². The van der Waals surface area contributed by atoms with Crippen molar-refractivity contribution in [3.63, 3.8) is 0 Å². The van der Waals surface area contributed by atoms with Gasteiger partial charge < -0.3 is 15.5 Å². The summed E-state index contributed by atoms with van der Waals surface area (Å²) in [5, 5.41) is 7.95. The first kappa shape index (κ1) is 18.4. The predicted octanol–water partition coefficient (Wildman–Crippen LogP) is 3.53. The van der Waals surface area contributed by atoms with Crippen molar-refractivity contribution in [2.24, 2.45) is 4.99 Å². The normalized spacial score (nSPS) is 15.9. The van der Waals surface area contributed by atoms with E-state index in [2.05, 4.69) is 20.5 Å². The molecule has 6 heteroatoms. The van der Waals surface area contributed by atoms with E-state index in [1.165, 1.54) is 38.9 Å². The van der Waals surface area contributed by atoms with Crippen molar-refractivity contribution >= 4 is 29.2 Å². The van der Waals surface area contributed by atoms with Crippen LogP contribution in [0.3, 0.4) is 0 Å². The summed E-state index contributed by atoms with van der Waals surface area (Å²) in [6.45, 7) is 5.33. The lowest BCUT2D eigenvalue weighted by molar-refractivity contribution is 0.330. The van der Waals surface area contributed by atoms with Crippen LogP contribution >= 0.6 is 23.2 Å². The maximum atomic E-state index is 6.17. The molecule has 1 aromatic carbocycles. The molecule has 2 rings (SSSR count). The van der Waals surface area contributed by atoms with Gasteiger partial charge in [0, 0.05) is 30.2 Å². The minimum atomic E-state index is 0.628. The standard InChI is InChI=1S/C17H26Cl2N4/c1-20-17(21-8-2-3-9-23-10-4-5-11-23)22-13-14-6-7-15(18)12-16(14)19/h6-7,12H,2-5,8-11,13H2,1H3,(H2,20,21,22). The lowest BCUT2D eigenvalue weighted by atomic mass is 10.2. The van der Waals surface area contributed by atoms with Crippen LogP contribution in [0.1, 0.15) is 31.2 Å². The molecule has 1 aliphatic rings. The van der Waals surface area contributed by atoms with Crippen molar-refractivity contribution < 1.29 is 0 Å². The summed E-state index contributed by atoms with van der Waals surface area (Å²) in [6, 6.07) is 5.54. The van der Waals surface area contributed by atoms with Gasteiger partial charge in [0.2, 0.25) is 0 Å². The van der Waals surface area contributed by atoms with Gasteiger partial charge >= 0.3 is 0 Å². The maximum absolute atomic E-state index is 6.17. The topological polar surface area (TPSA) is 39.7 Å². The molecular weight excluding hydrogens is 331 g/mol. The van der Waals surface area contributed by atoms with E-state index in [1.807, 2.05) is 12.1 Å². The summed E-state index contributed by atoms with van der Waals surface area (Å²) in [4.78, 5) is 6.79. The molecule has 0 spiro atoms. The Morgan fingerprint density at radius 2 is 1.96 bits per heavy atom. The number of hydrogen-bond acceptors (Lipinski definition) is 2. The monoisotopic (exact) mass is 356 g/mol. The number of unbranched alkanes of at least 4 members (excludes halogenated alkanes) is 1. The number of nitrogens with zero attached hydrogens (tertiary/aromatic N) is 2. The van der Waals surface area contributed by atoms with Crippen molar-refractivity contribution in [3.8, 4) is 0 Å². The van der Waals surface area contributed by atoms with Gasteiger partial charge in [0.25, 0.3) is 0 Å². The van der Waals surface area contributed by atoms with Crippen molar-refractivity contribution in [1.82, 2.24) is 15.5 Å². The fourth-order valence-corrected chi connectivity index (χ4v) is 3.21. The highest BCUT2D eigenvalue weighted by Crippen LogP contribution is 2.20. The quantitative estimate of drug-likeness (QED) is 0.446. The summed E-state index contributed by atoms with van der Waals surface area (Å²) in [5.41, 5.74) is 1.01. The fraction of sp³-hybridized carbons (Fsp3) is 0.588. The molecule has 1 aliphatic heterocycles. The molecule has 0 radical (unpaired) electrons. The second-order valence-corrected chi connectivity index (χ2v) is 6.69. The minimum Gasteiger partial charge on any atom is -0.356 e. The summed E-state index contributed by atoms with van der Waals surface area (Å²) < 4.78 is 0. The average molecular weight is 357 g/mol. The van der Waals surface area contributed by atoms with Gasteiger partial charge in [-0.2, -0.15) is 0 Å². The third kappa shape index (κ3) is 6.58. The van der Waals surface area contributed by atoms with E-state index in [1.54, 1.807) is 13.1 Å². The van der Waals surface area contributed by atoms with Crippen LogP contribution in [0.25, 0.3) is 0 Å². The van der Waals surface area contributed by atoms with E-state index in [0.717, 1.165) is 24.5 Å². The lowest BCUT2D eigenvalue weighted by Crippen LogP contribution is -2.37. The number of halogens is 2. The van der Waals surface area contributed by atoms with E-state index >= 15 is 0 Å². The van der Waals surface area contributed by atoms with Gasteiger partial charge in [-0.1, -0.05) is 29.3 Å². The zero-order valence-corrected chi connectivity index (χ0v) is 15.3. The molecule has 0 bridgehead atoms. The zero-order chi connectivity index (χ0) is 16.5. The molecule has 1 aromatic rings.